The van der Waals surface area contributed by atoms with Crippen LogP contribution in [0.15, 0.2) is 60.7 Å². The number of carboxylic acid groups (broad SMARTS) is 2. The van der Waals surface area contributed by atoms with E-state index in [1.165, 1.54) is 6.92 Å². The first kappa shape index (κ1) is 20.6. The first-order chi connectivity index (χ1) is 14.3. The SMILES string of the molecule is Cc1nc(Cc2cccc(Oc3ccccc3)c2)c(/C=C/C(=O)O)c(C(=O)O)c1O. The van der Waals surface area contributed by atoms with E-state index >= 15 is 0 Å². The molecule has 3 rings (SSSR count). The second-order valence-corrected chi connectivity index (χ2v) is 6.50. The summed E-state index contributed by atoms with van der Waals surface area (Å²) in [5.74, 6) is -1.83. The van der Waals surface area contributed by atoms with E-state index in [0.29, 0.717) is 17.2 Å². The molecule has 0 atom stereocenters. The molecule has 152 valence electrons. The zero-order valence-electron chi connectivity index (χ0n) is 16.1. The minimum atomic E-state index is -1.37. The Morgan fingerprint density at radius 1 is 1.03 bits per heavy atom. The molecule has 0 saturated carbocycles. The maximum absolute atomic E-state index is 11.7. The first-order valence-corrected chi connectivity index (χ1v) is 9.03. The molecule has 3 aromatic rings. The summed E-state index contributed by atoms with van der Waals surface area (Å²) >= 11 is 0. The lowest BCUT2D eigenvalue weighted by Crippen LogP contribution is -2.09. The quantitative estimate of drug-likeness (QED) is 0.502. The minimum absolute atomic E-state index is 0.0439. The van der Waals surface area contributed by atoms with Crippen LogP contribution in [0.2, 0.25) is 0 Å². The van der Waals surface area contributed by atoms with Crippen LogP contribution in [0, 0.1) is 6.92 Å². The van der Waals surface area contributed by atoms with Gasteiger partial charge >= 0.3 is 11.9 Å². The summed E-state index contributed by atoms with van der Waals surface area (Å²) in [5.41, 5.74) is 0.917. The van der Waals surface area contributed by atoms with Gasteiger partial charge in [0, 0.05) is 18.1 Å². The van der Waals surface area contributed by atoms with Gasteiger partial charge in [0.1, 0.15) is 17.1 Å². The van der Waals surface area contributed by atoms with E-state index in [0.717, 1.165) is 17.7 Å². The Bertz CT molecular complexity index is 1120. The summed E-state index contributed by atoms with van der Waals surface area (Å²) in [7, 11) is 0. The van der Waals surface area contributed by atoms with Crippen LogP contribution in [0.25, 0.3) is 6.08 Å². The van der Waals surface area contributed by atoms with Gasteiger partial charge in [-0.3, -0.25) is 4.98 Å². The number of pyridine rings is 1. The van der Waals surface area contributed by atoms with Crippen LogP contribution in [-0.2, 0) is 11.2 Å². The number of ether oxygens (including phenoxy) is 1. The molecule has 0 aliphatic rings. The van der Waals surface area contributed by atoms with Gasteiger partial charge in [-0.05, 0) is 42.8 Å². The Balaban J connectivity index is 2.01. The molecule has 1 aromatic heterocycles. The van der Waals surface area contributed by atoms with E-state index in [1.54, 1.807) is 18.2 Å². The van der Waals surface area contributed by atoms with Gasteiger partial charge in [-0.25, -0.2) is 9.59 Å². The van der Waals surface area contributed by atoms with Gasteiger partial charge in [-0.15, -0.1) is 0 Å². The number of carboxylic acids is 2. The van der Waals surface area contributed by atoms with E-state index < -0.39 is 17.7 Å². The summed E-state index contributed by atoms with van der Waals surface area (Å²) < 4.78 is 5.82. The molecule has 0 unspecified atom stereocenters. The van der Waals surface area contributed by atoms with E-state index in [4.69, 9.17) is 9.84 Å². The van der Waals surface area contributed by atoms with Gasteiger partial charge in [0.2, 0.25) is 0 Å². The molecular formula is C23H19NO6. The molecule has 0 amide bonds. The highest BCUT2D eigenvalue weighted by molar-refractivity contribution is 5.97. The number of carbonyl (C=O) groups is 2. The predicted molar refractivity (Wildman–Crippen MR) is 110 cm³/mol. The van der Waals surface area contributed by atoms with Crippen LogP contribution < -0.4 is 4.74 Å². The molecule has 0 saturated heterocycles. The fourth-order valence-electron chi connectivity index (χ4n) is 2.99. The standard InChI is InChI=1S/C23H19NO6/c1-14-22(27)21(23(28)29)18(10-11-20(25)26)19(24-14)13-15-6-5-9-17(12-15)30-16-7-3-2-4-8-16/h2-12,27H,13H2,1H3,(H,25,26)(H,28,29)/b11-10+. The number of rotatable bonds is 7. The summed E-state index contributed by atoms with van der Waals surface area (Å²) in [6, 6.07) is 16.5. The average molecular weight is 405 g/mol. The fraction of sp³-hybridized carbons (Fsp3) is 0.0870. The van der Waals surface area contributed by atoms with E-state index in [2.05, 4.69) is 4.98 Å². The Labute approximate surface area is 172 Å². The molecule has 0 bridgehead atoms. The van der Waals surface area contributed by atoms with Crippen molar-refractivity contribution in [2.75, 3.05) is 0 Å². The molecule has 30 heavy (non-hydrogen) atoms. The van der Waals surface area contributed by atoms with E-state index in [-0.39, 0.29) is 23.2 Å². The Kier molecular flexibility index (Phi) is 6.12. The van der Waals surface area contributed by atoms with Crippen molar-refractivity contribution in [3.8, 4) is 17.2 Å². The fourth-order valence-corrected chi connectivity index (χ4v) is 2.99. The molecule has 7 heteroatoms. The maximum Gasteiger partial charge on any atom is 0.340 e. The first-order valence-electron chi connectivity index (χ1n) is 9.03. The minimum Gasteiger partial charge on any atom is -0.505 e. The highest BCUT2D eigenvalue weighted by Crippen LogP contribution is 2.30. The van der Waals surface area contributed by atoms with E-state index in [1.807, 2.05) is 36.4 Å². The number of aliphatic carboxylic acids is 1. The Morgan fingerprint density at radius 2 is 1.73 bits per heavy atom. The molecule has 0 radical (unpaired) electrons. The van der Waals surface area contributed by atoms with Crippen molar-refractivity contribution in [3.05, 3.63) is 88.8 Å². The smallest absolute Gasteiger partial charge is 0.340 e. The molecule has 0 aliphatic carbocycles. The van der Waals surface area contributed by atoms with Crippen molar-refractivity contribution in [2.24, 2.45) is 0 Å². The molecule has 7 nitrogen and oxygen atoms in total. The molecule has 2 aromatic carbocycles. The molecule has 3 N–H and O–H groups in total. The Hall–Kier alpha value is -4.13. The summed E-state index contributed by atoms with van der Waals surface area (Å²) in [6.45, 7) is 1.49. The number of para-hydroxylation sites is 1. The van der Waals surface area contributed by atoms with Crippen LogP contribution in [0.5, 0.6) is 17.2 Å². The van der Waals surface area contributed by atoms with Crippen molar-refractivity contribution in [2.45, 2.75) is 13.3 Å². The average Bonchev–Trinajstić information content (AvgIpc) is 2.70. The van der Waals surface area contributed by atoms with Crippen LogP contribution in [0.4, 0.5) is 0 Å². The van der Waals surface area contributed by atoms with Gasteiger partial charge in [0.25, 0.3) is 0 Å². The van der Waals surface area contributed by atoms with Gasteiger partial charge in [-0.1, -0.05) is 30.3 Å². The molecule has 0 fully saturated rings. The van der Waals surface area contributed by atoms with Crippen molar-refractivity contribution >= 4 is 18.0 Å². The number of hydrogen-bond acceptors (Lipinski definition) is 5. The lowest BCUT2D eigenvalue weighted by molar-refractivity contribution is -0.131. The van der Waals surface area contributed by atoms with Gasteiger partial charge in [0.15, 0.2) is 5.75 Å². The molecule has 1 heterocycles. The van der Waals surface area contributed by atoms with Crippen molar-refractivity contribution in [1.82, 2.24) is 4.98 Å². The number of aromatic nitrogens is 1. The maximum atomic E-state index is 11.7. The topological polar surface area (TPSA) is 117 Å². The number of aromatic carboxylic acids is 1. The van der Waals surface area contributed by atoms with Crippen LogP contribution in [-0.4, -0.2) is 32.2 Å². The van der Waals surface area contributed by atoms with Crippen LogP contribution in [0.1, 0.15) is 32.9 Å². The second-order valence-electron chi connectivity index (χ2n) is 6.50. The number of aryl methyl sites for hydroxylation is 1. The molecule has 0 aliphatic heterocycles. The lowest BCUT2D eigenvalue weighted by Gasteiger charge is -2.13. The van der Waals surface area contributed by atoms with Gasteiger partial charge < -0.3 is 20.1 Å². The second kappa shape index (κ2) is 8.91. The lowest BCUT2D eigenvalue weighted by atomic mass is 9.98. The third-order valence-corrected chi connectivity index (χ3v) is 4.32. The molecular weight excluding hydrogens is 386 g/mol. The van der Waals surface area contributed by atoms with Crippen molar-refractivity contribution in [1.29, 1.82) is 0 Å². The van der Waals surface area contributed by atoms with Crippen LogP contribution >= 0.6 is 0 Å². The number of aromatic hydroxyl groups is 1. The largest absolute Gasteiger partial charge is 0.505 e. The van der Waals surface area contributed by atoms with Gasteiger partial charge in [0.05, 0.1) is 11.4 Å². The zero-order valence-corrected chi connectivity index (χ0v) is 16.1. The molecule has 0 spiro atoms. The third-order valence-electron chi connectivity index (χ3n) is 4.32. The predicted octanol–water partition coefficient (Wildman–Crippen LogP) is 4.27. The van der Waals surface area contributed by atoms with Crippen LogP contribution in [0.3, 0.4) is 0 Å². The van der Waals surface area contributed by atoms with Crippen molar-refractivity contribution < 1.29 is 29.6 Å². The highest BCUT2D eigenvalue weighted by Gasteiger charge is 2.21. The monoisotopic (exact) mass is 405 g/mol. The number of nitrogens with zero attached hydrogens (tertiary/aromatic N) is 1. The summed E-state index contributed by atoms with van der Waals surface area (Å²) in [6.07, 6.45) is 2.17. The summed E-state index contributed by atoms with van der Waals surface area (Å²) in [4.78, 5) is 27.0. The number of hydrogen-bond donors (Lipinski definition) is 3. The van der Waals surface area contributed by atoms with E-state index in [9.17, 15) is 19.8 Å². The normalized spacial score (nSPS) is 10.8. The zero-order chi connectivity index (χ0) is 21.7. The Morgan fingerprint density at radius 3 is 2.40 bits per heavy atom. The summed E-state index contributed by atoms with van der Waals surface area (Å²) in [5, 5.41) is 28.7. The highest BCUT2D eigenvalue weighted by atomic mass is 16.5. The number of benzene rings is 2. The van der Waals surface area contributed by atoms with Crippen molar-refractivity contribution in [3.63, 3.8) is 0 Å². The third kappa shape index (κ3) is 4.82. The van der Waals surface area contributed by atoms with Gasteiger partial charge in [-0.2, -0.15) is 0 Å².